The van der Waals surface area contributed by atoms with E-state index in [1.165, 1.54) is 15.6 Å². The van der Waals surface area contributed by atoms with Gasteiger partial charge in [0.15, 0.2) is 0 Å². The topological polar surface area (TPSA) is 15.3 Å². The predicted octanol–water partition coefficient (Wildman–Crippen LogP) is 2.33. The standard InChI is InChI=1S/C12H19IN2/c1-15(2)9-3-8-14-10-11-4-6-12(13)7-5-11/h4-7,14H,3,8-10H2,1-2H3. The molecule has 0 unspecified atom stereocenters. The molecule has 0 aliphatic heterocycles. The van der Waals surface area contributed by atoms with Crippen LogP contribution >= 0.6 is 22.6 Å². The van der Waals surface area contributed by atoms with Crippen molar-refractivity contribution in [1.82, 2.24) is 10.2 Å². The molecule has 1 aromatic rings. The number of benzene rings is 1. The molecule has 0 radical (unpaired) electrons. The van der Waals surface area contributed by atoms with Gasteiger partial charge < -0.3 is 10.2 Å². The Balaban J connectivity index is 2.12. The zero-order chi connectivity index (χ0) is 11.1. The molecule has 0 amide bonds. The maximum atomic E-state index is 3.45. The van der Waals surface area contributed by atoms with Gasteiger partial charge in [0.2, 0.25) is 0 Å². The van der Waals surface area contributed by atoms with Crippen molar-refractivity contribution in [2.24, 2.45) is 0 Å². The molecule has 0 aromatic heterocycles. The molecule has 1 N–H and O–H groups in total. The Morgan fingerprint density at radius 2 is 1.87 bits per heavy atom. The summed E-state index contributed by atoms with van der Waals surface area (Å²) in [5, 5.41) is 3.45. The van der Waals surface area contributed by atoms with Crippen molar-refractivity contribution in [3.8, 4) is 0 Å². The molecule has 2 nitrogen and oxygen atoms in total. The highest BCUT2D eigenvalue weighted by Gasteiger charge is 1.93. The molecule has 1 aromatic carbocycles. The summed E-state index contributed by atoms with van der Waals surface area (Å²) in [6.45, 7) is 3.22. The number of rotatable bonds is 6. The van der Waals surface area contributed by atoms with Gasteiger partial charge in [0.1, 0.15) is 0 Å². The monoisotopic (exact) mass is 318 g/mol. The average Bonchev–Trinajstić information content (AvgIpc) is 2.20. The molecular weight excluding hydrogens is 299 g/mol. The Hall–Kier alpha value is -0.130. The number of nitrogens with one attached hydrogen (secondary N) is 1. The summed E-state index contributed by atoms with van der Waals surface area (Å²) in [5.41, 5.74) is 1.36. The van der Waals surface area contributed by atoms with E-state index in [0.717, 1.165) is 19.6 Å². The molecule has 15 heavy (non-hydrogen) atoms. The Kier molecular flexibility index (Phi) is 6.20. The van der Waals surface area contributed by atoms with Crippen molar-refractivity contribution in [1.29, 1.82) is 0 Å². The fourth-order valence-electron chi connectivity index (χ4n) is 1.36. The number of nitrogens with zero attached hydrogens (tertiary/aromatic N) is 1. The van der Waals surface area contributed by atoms with Gasteiger partial charge in [-0.1, -0.05) is 12.1 Å². The van der Waals surface area contributed by atoms with Crippen LogP contribution in [0.15, 0.2) is 24.3 Å². The maximum absolute atomic E-state index is 3.45. The summed E-state index contributed by atoms with van der Waals surface area (Å²) in [6.07, 6.45) is 1.21. The first-order chi connectivity index (χ1) is 7.18. The minimum atomic E-state index is 0.977. The highest BCUT2D eigenvalue weighted by atomic mass is 127. The summed E-state index contributed by atoms with van der Waals surface area (Å²) >= 11 is 2.33. The second kappa shape index (κ2) is 7.19. The lowest BCUT2D eigenvalue weighted by molar-refractivity contribution is 0.394. The Morgan fingerprint density at radius 1 is 1.20 bits per heavy atom. The third-order valence-corrected chi connectivity index (χ3v) is 2.92. The van der Waals surface area contributed by atoms with Gasteiger partial charge in [-0.05, 0) is 73.9 Å². The van der Waals surface area contributed by atoms with Crippen molar-refractivity contribution in [2.75, 3.05) is 27.2 Å². The quantitative estimate of drug-likeness (QED) is 0.640. The smallest absolute Gasteiger partial charge is 0.0205 e. The third kappa shape index (κ3) is 6.12. The first-order valence-corrected chi connectivity index (χ1v) is 6.36. The van der Waals surface area contributed by atoms with Crippen LogP contribution in [0.2, 0.25) is 0 Å². The molecule has 0 saturated heterocycles. The van der Waals surface area contributed by atoms with Crippen LogP contribution in [0, 0.1) is 3.57 Å². The number of hydrogen-bond acceptors (Lipinski definition) is 2. The van der Waals surface area contributed by atoms with E-state index < -0.39 is 0 Å². The van der Waals surface area contributed by atoms with E-state index in [9.17, 15) is 0 Å². The van der Waals surface area contributed by atoms with Gasteiger partial charge in [-0.25, -0.2) is 0 Å². The lowest BCUT2D eigenvalue weighted by atomic mass is 10.2. The van der Waals surface area contributed by atoms with Crippen molar-refractivity contribution < 1.29 is 0 Å². The van der Waals surface area contributed by atoms with Gasteiger partial charge in [-0.3, -0.25) is 0 Å². The Bertz CT molecular complexity index is 269. The lowest BCUT2D eigenvalue weighted by Crippen LogP contribution is -2.20. The third-order valence-electron chi connectivity index (χ3n) is 2.20. The highest BCUT2D eigenvalue weighted by molar-refractivity contribution is 14.1. The van der Waals surface area contributed by atoms with Crippen molar-refractivity contribution in [3.63, 3.8) is 0 Å². The second-order valence-corrected chi connectivity index (χ2v) is 5.21. The molecule has 0 aliphatic carbocycles. The van der Waals surface area contributed by atoms with E-state index >= 15 is 0 Å². The van der Waals surface area contributed by atoms with Crippen LogP contribution in [0.3, 0.4) is 0 Å². The van der Waals surface area contributed by atoms with E-state index in [1.54, 1.807) is 0 Å². The molecule has 1 rings (SSSR count). The molecule has 0 spiro atoms. The summed E-state index contributed by atoms with van der Waals surface area (Å²) in [7, 11) is 4.22. The molecule has 3 heteroatoms. The van der Waals surface area contributed by atoms with Crippen LogP contribution < -0.4 is 5.32 Å². The molecule has 0 heterocycles. The molecule has 0 aliphatic rings. The van der Waals surface area contributed by atoms with Gasteiger partial charge in [0.25, 0.3) is 0 Å². The lowest BCUT2D eigenvalue weighted by Gasteiger charge is -2.09. The van der Waals surface area contributed by atoms with Gasteiger partial charge >= 0.3 is 0 Å². The largest absolute Gasteiger partial charge is 0.313 e. The first-order valence-electron chi connectivity index (χ1n) is 5.28. The minimum Gasteiger partial charge on any atom is -0.313 e. The van der Waals surface area contributed by atoms with Crippen molar-refractivity contribution in [2.45, 2.75) is 13.0 Å². The normalized spacial score (nSPS) is 10.9. The molecule has 84 valence electrons. The summed E-state index contributed by atoms with van der Waals surface area (Å²) in [5.74, 6) is 0. The zero-order valence-corrected chi connectivity index (χ0v) is 11.6. The molecular formula is C12H19IN2. The molecule has 0 bridgehead atoms. The zero-order valence-electron chi connectivity index (χ0n) is 9.46. The van der Waals surface area contributed by atoms with Crippen LogP contribution in [0.4, 0.5) is 0 Å². The Labute approximate surface area is 106 Å². The predicted molar refractivity (Wildman–Crippen MR) is 74.0 cm³/mol. The fourth-order valence-corrected chi connectivity index (χ4v) is 1.71. The summed E-state index contributed by atoms with van der Waals surface area (Å²) in [4.78, 5) is 2.21. The molecule has 0 saturated carbocycles. The van der Waals surface area contributed by atoms with Crippen molar-refractivity contribution >= 4 is 22.6 Å². The van der Waals surface area contributed by atoms with E-state index in [0.29, 0.717) is 0 Å². The average molecular weight is 318 g/mol. The molecule has 0 atom stereocenters. The fraction of sp³-hybridized carbons (Fsp3) is 0.500. The van der Waals surface area contributed by atoms with E-state index in [-0.39, 0.29) is 0 Å². The van der Waals surface area contributed by atoms with Gasteiger partial charge in [-0.2, -0.15) is 0 Å². The van der Waals surface area contributed by atoms with E-state index in [2.05, 4.69) is 71.2 Å². The van der Waals surface area contributed by atoms with Crippen molar-refractivity contribution in [3.05, 3.63) is 33.4 Å². The van der Waals surface area contributed by atoms with Crippen LogP contribution in [-0.2, 0) is 6.54 Å². The number of halogens is 1. The van der Waals surface area contributed by atoms with E-state index in [1.807, 2.05) is 0 Å². The molecule has 0 fully saturated rings. The second-order valence-electron chi connectivity index (χ2n) is 3.96. The van der Waals surface area contributed by atoms with Crippen LogP contribution in [0.1, 0.15) is 12.0 Å². The van der Waals surface area contributed by atoms with E-state index in [4.69, 9.17) is 0 Å². The maximum Gasteiger partial charge on any atom is 0.0205 e. The SMILES string of the molecule is CN(C)CCCNCc1ccc(I)cc1. The first kappa shape index (κ1) is 12.9. The van der Waals surface area contributed by atoms with Gasteiger partial charge in [0, 0.05) is 10.1 Å². The highest BCUT2D eigenvalue weighted by Crippen LogP contribution is 2.06. The van der Waals surface area contributed by atoms with Gasteiger partial charge in [-0.15, -0.1) is 0 Å². The Morgan fingerprint density at radius 3 is 2.47 bits per heavy atom. The summed E-state index contributed by atoms with van der Waals surface area (Å²) in [6, 6.07) is 8.66. The number of hydrogen-bond donors (Lipinski definition) is 1. The van der Waals surface area contributed by atoms with Crippen LogP contribution in [0.5, 0.6) is 0 Å². The minimum absolute atomic E-state index is 0.977. The van der Waals surface area contributed by atoms with Crippen LogP contribution in [-0.4, -0.2) is 32.1 Å². The summed E-state index contributed by atoms with van der Waals surface area (Å²) < 4.78 is 1.30. The van der Waals surface area contributed by atoms with Crippen LogP contribution in [0.25, 0.3) is 0 Å². The van der Waals surface area contributed by atoms with Gasteiger partial charge in [0.05, 0.1) is 0 Å².